The number of hydrogen-bond acceptors (Lipinski definition) is 2. The molecule has 0 fully saturated rings. The molecule has 2 atom stereocenters. The van der Waals surface area contributed by atoms with Crippen LogP contribution in [-0.4, -0.2) is 15.3 Å². The van der Waals surface area contributed by atoms with Crippen molar-refractivity contribution in [3.63, 3.8) is 0 Å². The molecule has 118 valence electrons. The van der Waals surface area contributed by atoms with Gasteiger partial charge >= 0.3 is 0 Å². The minimum atomic E-state index is -3.95. The molecule has 1 aliphatic heterocycles. The van der Waals surface area contributed by atoms with E-state index >= 15 is 0 Å². The first-order chi connectivity index (χ1) is 9.40. The van der Waals surface area contributed by atoms with Crippen molar-refractivity contribution in [1.82, 2.24) is 0 Å². The van der Waals surface area contributed by atoms with Crippen LogP contribution in [0.1, 0.15) is 31.9 Å². The molecule has 8 heteroatoms. The molecule has 0 saturated heterocycles. The molecule has 1 aromatic carbocycles. The van der Waals surface area contributed by atoms with E-state index in [2.05, 4.69) is 15.9 Å². The van der Waals surface area contributed by atoms with Gasteiger partial charge in [-0.1, -0.05) is 6.92 Å². The molecule has 0 spiro atoms. The number of benzene rings is 1. The number of rotatable bonds is 1. The largest absolute Gasteiger partial charge is 0.479 e. The zero-order valence-corrected chi connectivity index (χ0v) is 12.9. The maximum absolute atomic E-state index is 14.6. The van der Waals surface area contributed by atoms with Crippen molar-refractivity contribution in [2.24, 2.45) is 0 Å². The summed E-state index contributed by atoms with van der Waals surface area (Å²) in [7, 11) is 0. The second-order valence-electron chi connectivity index (χ2n) is 5.29. The molecule has 1 N–H and O–H groups in total. The van der Waals surface area contributed by atoms with Gasteiger partial charge in [0.1, 0.15) is 11.4 Å². The molecule has 2 rings (SSSR count). The van der Waals surface area contributed by atoms with Gasteiger partial charge in [-0.25, -0.2) is 17.6 Å². The predicted molar refractivity (Wildman–Crippen MR) is 68.2 cm³/mol. The van der Waals surface area contributed by atoms with E-state index in [1.54, 1.807) is 0 Å². The van der Waals surface area contributed by atoms with Crippen LogP contribution < -0.4 is 4.74 Å². The summed E-state index contributed by atoms with van der Waals surface area (Å²) in [4.78, 5) is 0. The van der Waals surface area contributed by atoms with Crippen molar-refractivity contribution in [3.05, 3.63) is 28.6 Å². The Kier molecular flexibility index (Phi) is 3.57. The van der Waals surface area contributed by atoms with Gasteiger partial charge in [-0.15, -0.1) is 0 Å². The first-order valence-corrected chi connectivity index (χ1v) is 6.87. The summed E-state index contributed by atoms with van der Waals surface area (Å²) < 4.78 is 72.6. The Morgan fingerprint density at radius 3 is 2.10 bits per heavy atom. The van der Waals surface area contributed by atoms with E-state index in [1.165, 1.54) is 6.92 Å². The molecule has 0 aliphatic carbocycles. The number of halogens is 6. The van der Waals surface area contributed by atoms with Gasteiger partial charge in [0.25, 0.3) is 10.4 Å². The van der Waals surface area contributed by atoms with E-state index in [1.807, 2.05) is 0 Å². The van der Waals surface area contributed by atoms with Crippen LogP contribution in [0.5, 0.6) is 5.75 Å². The van der Waals surface area contributed by atoms with Crippen LogP contribution in [0, 0.1) is 17.5 Å². The average molecular weight is 375 g/mol. The number of fused-ring (bicyclic) bond motifs is 1. The predicted octanol–water partition coefficient (Wildman–Crippen LogP) is 4.01. The Balaban J connectivity index is 2.92. The number of ether oxygens (including phenoxy) is 1. The lowest BCUT2D eigenvalue weighted by Crippen LogP contribution is -2.61. The van der Waals surface area contributed by atoms with Crippen molar-refractivity contribution >= 4 is 15.9 Å². The van der Waals surface area contributed by atoms with Crippen LogP contribution in [0.25, 0.3) is 0 Å². The molecule has 2 unspecified atom stereocenters. The fourth-order valence-corrected chi connectivity index (χ4v) is 2.55. The average Bonchev–Trinajstić information content (AvgIpc) is 2.34. The minimum absolute atomic E-state index is 0.317. The van der Waals surface area contributed by atoms with Crippen LogP contribution in [0.4, 0.5) is 22.0 Å². The molecular formula is C13H12BrF5O2. The molecular weight excluding hydrogens is 363 g/mol. The summed E-state index contributed by atoms with van der Waals surface area (Å²) >= 11 is 2.33. The molecule has 1 heterocycles. The Hall–Kier alpha value is -0.890. The summed E-state index contributed by atoms with van der Waals surface area (Å²) in [5.74, 6) is -9.93. The van der Waals surface area contributed by atoms with Crippen LogP contribution in [0.2, 0.25) is 0 Å². The normalized spacial score (nSPS) is 30.8. The van der Waals surface area contributed by atoms with Crippen molar-refractivity contribution in [2.45, 2.75) is 43.2 Å². The summed E-state index contributed by atoms with van der Waals surface area (Å²) in [6.45, 7) is 3.30. The highest BCUT2D eigenvalue weighted by Crippen LogP contribution is 2.58. The Morgan fingerprint density at radius 2 is 1.62 bits per heavy atom. The van der Waals surface area contributed by atoms with Gasteiger partial charge in [0.15, 0.2) is 17.2 Å². The summed E-state index contributed by atoms with van der Waals surface area (Å²) in [6, 6.07) is 0. The van der Waals surface area contributed by atoms with E-state index in [-0.39, 0.29) is 6.42 Å². The molecule has 1 aliphatic rings. The van der Waals surface area contributed by atoms with E-state index in [4.69, 9.17) is 4.74 Å². The summed E-state index contributed by atoms with van der Waals surface area (Å²) in [5.41, 5.74) is -4.32. The van der Waals surface area contributed by atoms with Crippen LogP contribution in [0.15, 0.2) is 0 Å². The lowest BCUT2D eigenvalue weighted by atomic mass is 9.85. The molecule has 0 bridgehead atoms. The number of alkyl halides is 3. The van der Waals surface area contributed by atoms with Gasteiger partial charge in [0.2, 0.25) is 5.82 Å². The maximum Gasteiger partial charge on any atom is 0.288 e. The van der Waals surface area contributed by atoms with Gasteiger partial charge in [0, 0.05) is 5.56 Å². The second-order valence-corrected chi connectivity index (χ2v) is 6.38. The first kappa shape index (κ1) is 16.5. The first-order valence-electron chi connectivity index (χ1n) is 6.08. The van der Waals surface area contributed by atoms with Gasteiger partial charge in [-0.2, -0.15) is 4.39 Å². The third-order valence-corrected chi connectivity index (χ3v) is 5.06. The molecule has 0 saturated carbocycles. The lowest BCUT2D eigenvalue weighted by Gasteiger charge is -2.47. The van der Waals surface area contributed by atoms with Gasteiger partial charge < -0.3 is 9.84 Å². The van der Waals surface area contributed by atoms with Crippen LogP contribution >= 0.6 is 15.9 Å². The number of aliphatic hydroxyl groups is 1. The third kappa shape index (κ3) is 1.91. The minimum Gasteiger partial charge on any atom is -0.479 e. The zero-order valence-electron chi connectivity index (χ0n) is 11.3. The Bertz CT molecular complexity index is 613. The summed E-state index contributed by atoms with van der Waals surface area (Å²) in [6.07, 6.45) is -0.317. The Labute approximate surface area is 126 Å². The molecule has 21 heavy (non-hydrogen) atoms. The van der Waals surface area contributed by atoms with E-state index in [9.17, 15) is 27.1 Å². The molecule has 2 nitrogen and oxygen atoms in total. The topological polar surface area (TPSA) is 29.5 Å². The van der Waals surface area contributed by atoms with Crippen molar-refractivity contribution in [1.29, 1.82) is 0 Å². The van der Waals surface area contributed by atoms with Crippen LogP contribution in [0.3, 0.4) is 0 Å². The standard InChI is InChI=1S/C13H12BrF5O2/c1-4-5-7(15)6-10(9(17)8(5)16)21-11(2,3)13(14,19)12(6,18)20/h20H,4H2,1-3H3. The monoisotopic (exact) mass is 374 g/mol. The second kappa shape index (κ2) is 4.55. The van der Waals surface area contributed by atoms with Crippen molar-refractivity contribution in [2.75, 3.05) is 0 Å². The molecule has 0 amide bonds. The molecule has 1 aromatic rings. The molecule has 0 aromatic heterocycles. The maximum atomic E-state index is 14.6. The van der Waals surface area contributed by atoms with E-state index in [0.29, 0.717) is 0 Å². The SMILES string of the molecule is CCc1c(F)c(F)c2c(c1F)C(O)(F)C(F)(Br)C(C)(C)O2. The smallest absolute Gasteiger partial charge is 0.288 e. The van der Waals surface area contributed by atoms with Gasteiger partial charge in [-0.3, -0.25) is 0 Å². The summed E-state index contributed by atoms with van der Waals surface area (Å²) in [5, 5.41) is 9.81. The van der Waals surface area contributed by atoms with E-state index < -0.39 is 50.4 Å². The third-order valence-electron chi connectivity index (χ3n) is 3.58. The highest BCUT2D eigenvalue weighted by molar-refractivity contribution is 9.10. The quantitative estimate of drug-likeness (QED) is 0.457. The zero-order chi connectivity index (χ0) is 16.4. The Morgan fingerprint density at radius 1 is 1.10 bits per heavy atom. The van der Waals surface area contributed by atoms with Crippen LogP contribution in [-0.2, 0) is 12.3 Å². The fourth-order valence-electron chi connectivity index (χ4n) is 2.27. The van der Waals surface area contributed by atoms with E-state index in [0.717, 1.165) is 13.8 Å². The van der Waals surface area contributed by atoms with Crippen molar-refractivity contribution < 1.29 is 31.8 Å². The van der Waals surface area contributed by atoms with Crippen molar-refractivity contribution in [3.8, 4) is 5.75 Å². The van der Waals surface area contributed by atoms with Gasteiger partial charge in [-0.05, 0) is 36.2 Å². The molecule has 0 radical (unpaired) electrons. The lowest BCUT2D eigenvalue weighted by molar-refractivity contribution is -0.228. The fraction of sp³-hybridized carbons (Fsp3) is 0.538. The van der Waals surface area contributed by atoms with Gasteiger partial charge in [0.05, 0.1) is 0 Å². The number of hydrogen-bond donors (Lipinski definition) is 1. The highest BCUT2D eigenvalue weighted by Gasteiger charge is 2.68. The highest BCUT2D eigenvalue weighted by atomic mass is 79.9.